The molecule has 0 saturated carbocycles. The molecule has 1 aromatic heterocycles. The first-order chi connectivity index (χ1) is 12.6. The lowest BCUT2D eigenvalue weighted by molar-refractivity contribution is 0.0703. The normalized spacial score (nSPS) is 17.8. The van der Waals surface area contributed by atoms with Gasteiger partial charge in [-0.1, -0.05) is 6.07 Å². The van der Waals surface area contributed by atoms with E-state index in [1.54, 1.807) is 17.2 Å². The summed E-state index contributed by atoms with van der Waals surface area (Å²) in [6, 6.07) is 5.59. The van der Waals surface area contributed by atoms with Crippen LogP contribution < -0.4 is 10.6 Å². The molecule has 2 amide bonds. The Bertz CT molecular complexity index is 718. The number of carbonyl (C=O) groups is 1. The number of aliphatic hydroxyl groups is 1. The van der Waals surface area contributed by atoms with Gasteiger partial charge in [-0.3, -0.25) is 4.57 Å². The number of rotatable bonds is 6. The highest BCUT2D eigenvalue weighted by Crippen LogP contribution is 2.19. The summed E-state index contributed by atoms with van der Waals surface area (Å²) in [5.41, 5.74) is 2.63. The van der Waals surface area contributed by atoms with Crippen molar-refractivity contribution in [1.82, 2.24) is 25.0 Å². The summed E-state index contributed by atoms with van der Waals surface area (Å²) in [4.78, 5) is 14.4. The van der Waals surface area contributed by atoms with Gasteiger partial charge in [-0.2, -0.15) is 0 Å². The van der Waals surface area contributed by atoms with E-state index in [9.17, 15) is 9.90 Å². The first-order valence-corrected chi connectivity index (χ1v) is 9.03. The van der Waals surface area contributed by atoms with E-state index in [2.05, 4.69) is 25.7 Å². The number of anilines is 1. The fourth-order valence-electron chi connectivity index (χ4n) is 3.14. The van der Waals surface area contributed by atoms with Gasteiger partial charge >= 0.3 is 6.03 Å². The Morgan fingerprint density at radius 3 is 2.92 bits per heavy atom. The first-order valence-electron chi connectivity index (χ1n) is 9.03. The number of β-amino-alcohol motifs (C(OH)–C–C–N with tert-alkyl or cyclic N) is 1. The van der Waals surface area contributed by atoms with Crippen LogP contribution in [0, 0.1) is 6.92 Å². The van der Waals surface area contributed by atoms with Crippen LogP contribution in [0.2, 0.25) is 0 Å². The molecular weight excluding hydrogens is 332 g/mol. The Labute approximate surface area is 153 Å². The number of aromatic nitrogens is 3. The predicted molar refractivity (Wildman–Crippen MR) is 99.4 cm³/mol. The van der Waals surface area contributed by atoms with Gasteiger partial charge in [0, 0.05) is 18.8 Å². The molecule has 0 aliphatic carbocycles. The number of piperidine rings is 1. The SMILES string of the molecule is Cc1ccc(-n2cnnc2)cc1NC(=O)NCCCN1CCC[C@H](O)C1. The van der Waals surface area contributed by atoms with E-state index in [0.29, 0.717) is 6.54 Å². The molecule has 3 rings (SSSR count). The summed E-state index contributed by atoms with van der Waals surface area (Å²) >= 11 is 0. The molecule has 2 heterocycles. The van der Waals surface area contributed by atoms with Crippen LogP contribution in [0.15, 0.2) is 30.9 Å². The molecule has 3 N–H and O–H groups in total. The number of urea groups is 1. The van der Waals surface area contributed by atoms with Gasteiger partial charge < -0.3 is 20.6 Å². The zero-order valence-electron chi connectivity index (χ0n) is 15.1. The minimum Gasteiger partial charge on any atom is -0.392 e. The molecule has 1 aliphatic rings. The van der Waals surface area contributed by atoms with Crippen molar-refractivity contribution < 1.29 is 9.90 Å². The Hall–Kier alpha value is -2.45. The third kappa shape index (κ3) is 5.03. The van der Waals surface area contributed by atoms with Crippen molar-refractivity contribution in [1.29, 1.82) is 0 Å². The zero-order valence-corrected chi connectivity index (χ0v) is 15.1. The number of nitrogens with one attached hydrogen (secondary N) is 2. The summed E-state index contributed by atoms with van der Waals surface area (Å²) < 4.78 is 1.79. The molecule has 1 fully saturated rings. The maximum Gasteiger partial charge on any atom is 0.319 e. The van der Waals surface area contributed by atoms with Crippen molar-refractivity contribution in [2.45, 2.75) is 32.3 Å². The second-order valence-electron chi connectivity index (χ2n) is 6.70. The molecule has 2 aromatic rings. The number of aliphatic hydroxyl groups excluding tert-OH is 1. The van der Waals surface area contributed by atoms with Gasteiger partial charge in [0.2, 0.25) is 0 Å². The molecule has 1 aromatic carbocycles. The highest BCUT2D eigenvalue weighted by molar-refractivity contribution is 5.90. The van der Waals surface area contributed by atoms with Crippen LogP contribution in [-0.2, 0) is 0 Å². The Kier molecular flexibility index (Phi) is 6.19. The van der Waals surface area contributed by atoms with Gasteiger partial charge in [-0.15, -0.1) is 10.2 Å². The summed E-state index contributed by atoms with van der Waals surface area (Å²) in [7, 11) is 0. The molecule has 1 atom stereocenters. The largest absolute Gasteiger partial charge is 0.392 e. The van der Waals surface area contributed by atoms with Crippen LogP contribution in [0.25, 0.3) is 5.69 Å². The molecule has 1 saturated heterocycles. The summed E-state index contributed by atoms with van der Waals surface area (Å²) in [5.74, 6) is 0. The second kappa shape index (κ2) is 8.77. The fourth-order valence-corrected chi connectivity index (χ4v) is 3.14. The van der Waals surface area contributed by atoms with Crippen molar-refractivity contribution in [2.75, 3.05) is 31.5 Å². The van der Waals surface area contributed by atoms with Crippen LogP contribution in [0.5, 0.6) is 0 Å². The Balaban J connectivity index is 1.45. The van der Waals surface area contributed by atoms with E-state index in [1.165, 1.54) is 0 Å². The molecule has 8 heteroatoms. The highest BCUT2D eigenvalue weighted by atomic mass is 16.3. The van der Waals surface area contributed by atoms with E-state index < -0.39 is 0 Å². The van der Waals surface area contributed by atoms with Crippen molar-refractivity contribution >= 4 is 11.7 Å². The molecule has 140 valence electrons. The van der Waals surface area contributed by atoms with E-state index in [1.807, 2.05) is 25.1 Å². The summed E-state index contributed by atoms with van der Waals surface area (Å²) in [5, 5.41) is 23.1. The average Bonchev–Trinajstić information content (AvgIpc) is 3.15. The fraction of sp³-hybridized carbons (Fsp3) is 0.500. The Morgan fingerprint density at radius 1 is 1.35 bits per heavy atom. The third-order valence-electron chi connectivity index (χ3n) is 4.60. The van der Waals surface area contributed by atoms with Gasteiger partial charge in [-0.05, 0) is 57.0 Å². The van der Waals surface area contributed by atoms with E-state index in [0.717, 1.165) is 55.8 Å². The number of hydrogen-bond acceptors (Lipinski definition) is 5. The topological polar surface area (TPSA) is 95.3 Å². The minimum atomic E-state index is -0.215. The molecule has 26 heavy (non-hydrogen) atoms. The maximum atomic E-state index is 12.2. The number of benzene rings is 1. The minimum absolute atomic E-state index is 0.207. The summed E-state index contributed by atoms with van der Waals surface area (Å²) in [6.07, 6.45) is 5.82. The lowest BCUT2D eigenvalue weighted by atomic mass is 10.1. The monoisotopic (exact) mass is 358 g/mol. The molecule has 0 spiro atoms. The van der Waals surface area contributed by atoms with E-state index >= 15 is 0 Å². The Morgan fingerprint density at radius 2 is 2.15 bits per heavy atom. The van der Waals surface area contributed by atoms with Gasteiger partial charge in [-0.25, -0.2) is 4.79 Å². The lowest BCUT2D eigenvalue weighted by Crippen LogP contribution is -2.40. The van der Waals surface area contributed by atoms with Gasteiger partial charge in [0.1, 0.15) is 12.7 Å². The average molecular weight is 358 g/mol. The van der Waals surface area contributed by atoms with Crippen molar-refractivity contribution in [3.8, 4) is 5.69 Å². The van der Waals surface area contributed by atoms with Gasteiger partial charge in [0.05, 0.1) is 11.8 Å². The van der Waals surface area contributed by atoms with Crippen LogP contribution in [0.3, 0.4) is 0 Å². The van der Waals surface area contributed by atoms with E-state index in [4.69, 9.17) is 0 Å². The molecule has 8 nitrogen and oxygen atoms in total. The lowest BCUT2D eigenvalue weighted by Gasteiger charge is -2.29. The highest BCUT2D eigenvalue weighted by Gasteiger charge is 2.16. The van der Waals surface area contributed by atoms with Crippen molar-refractivity contribution in [3.05, 3.63) is 36.4 Å². The van der Waals surface area contributed by atoms with Crippen LogP contribution in [0.4, 0.5) is 10.5 Å². The molecule has 1 aliphatic heterocycles. The van der Waals surface area contributed by atoms with Crippen LogP contribution in [0.1, 0.15) is 24.8 Å². The summed E-state index contributed by atoms with van der Waals surface area (Å²) in [6.45, 7) is 5.20. The molecular formula is C18H26N6O2. The first kappa shape index (κ1) is 18.3. The molecule has 0 unspecified atom stereocenters. The standard InChI is InChI=1S/C18H26N6O2/c1-14-5-6-15(24-12-20-21-13-24)10-17(14)22-18(26)19-7-3-9-23-8-2-4-16(25)11-23/h5-6,10,12-13,16,25H,2-4,7-9,11H2,1H3,(H2,19,22,26)/t16-/m0/s1. The number of amides is 2. The number of nitrogens with zero attached hydrogens (tertiary/aromatic N) is 4. The number of hydrogen-bond donors (Lipinski definition) is 3. The molecule has 0 bridgehead atoms. The quantitative estimate of drug-likeness (QED) is 0.681. The number of likely N-dealkylation sites (tertiary alicyclic amines) is 1. The number of aryl methyl sites for hydroxylation is 1. The number of carbonyl (C=O) groups excluding carboxylic acids is 1. The van der Waals surface area contributed by atoms with Crippen molar-refractivity contribution in [2.24, 2.45) is 0 Å². The van der Waals surface area contributed by atoms with Gasteiger partial charge in [0.15, 0.2) is 0 Å². The van der Waals surface area contributed by atoms with Gasteiger partial charge in [0.25, 0.3) is 0 Å². The van der Waals surface area contributed by atoms with E-state index in [-0.39, 0.29) is 12.1 Å². The van der Waals surface area contributed by atoms with Crippen molar-refractivity contribution in [3.63, 3.8) is 0 Å². The van der Waals surface area contributed by atoms with Crippen LogP contribution >= 0.6 is 0 Å². The second-order valence-corrected chi connectivity index (χ2v) is 6.70. The third-order valence-corrected chi connectivity index (χ3v) is 4.60. The maximum absolute atomic E-state index is 12.2. The van der Waals surface area contributed by atoms with Crippen LogP contribution in [-0.4, -0.2) is 63.1 Å². The predicted octanol–water partition coefficient (Wildman–Crippen LogP) is 1.54. The zero-order chi connectivity index (χ0) is 18.4. The molecule has 0 radical (unpaired) electrons. The smallest absolute Gasteiger partial charge is 0.319 e.